The molecule has 0 radical (unpaired) electrons. The van der Waals surface area contributed by atoms with E-state index in [2.05, 4.69) is 10.3 Å². The molecule has 2 aromatic rings. The van der Waals surface area contributed by atoms with Gasteiger partial charge >= 0.3 is 5.97 Å². The first kappa shape index (κ1) is 12.9. The van der Waals surface area contributed by atoms with Crippen molar-refractivity contribution >= 4 is 22.8 Å². The smallest absolute Gasteiger partial charge is 0.326 e. The average molecular weight is 262 g/mol. The lowest BCUT2D eigenvalue weighted by atomic mass is 10.2. The van der Waals surface area contributed by atoms with Crippen molar-refractivity contribution in [1.29, 1.82) is 0 Å². The van der Waals surface area contributed by atoms with Crippen LogP contribution in [0.4, 0.5) is 0 Å². The number of rotatable bonds is 4. The highest BCUT2D eigenvalue weighted by molar-refractivity contribution is 6.00. The molecule has 0 saturated carbocycles. The number of carboxylic acids is 1. The van der Waals surface area contributed by atoms with Gasteiger partial charge in [-0.2, -0.15) is 0 Å². The number of nitrogens with one attached hydrogen (secondary N) is 2. The number of hydrogen-bond donors (Lipinski definition) is 4. The van der Waals surface area contributed by atoms with Crippen LogP contribution < -0.4 is 5.32 Å². The van der Waals surface area contributed by atoms with E-state index >= 15 is 0 Å². The van der Waals surface area contributed by atoms with Crippen molar-refractivity contribution < 1.29 is 19.8 Å². The summed E-state index contributed by atoms with van der Waals surface area (Å²) >= 11 is 0. The Morgan fingerprint density at radius 2 is 2.16 bits per heavy atom. The summed E-state index contributed by atoms with van der Waals surface area (Å²) in [6.45, 7) is 1.68. The number of aromatic nitrogens is 1. The minimum absolute atomic E-state index is 0.0434. The maximum absolute atomic E-state index is 11.9. The van der Waals surface area contributed by atoms with Crippen LogP contribution in [-0.4, -0.2) is 33.1 Å². The first-order valence-corrected chi connectivity index (χ1v) is 5.87. The van der Waals surface area contributed by atoms with Gasteiger partial charge in [-0.1, -0.05) is 19.1 Å². The fraction of sp³-hybridized carbons (Fsp3) is 0.231. The van der Waals surface area contributed by atoms with Crippen LogP contribution in [0.1, 0.15) is 23.8 Å². The van der Waals surface area contributed by atoms with Crippen LogP contribution in [-0.2, 0) is 4.79 Å². The standard InChI is InChI=1S/C13H14N2O4/c1-2-8(13(18)19)15-12(17)9-6-7-4-3-5-10(16)11(7)14-9/h3-6,8,14,16H,2H2,1H3,(H,15,17)(H,18,19). The van der Waals surface area contributed by atoms with Gasteiger partial charge in [-0.15, -0.1) is 0 Å². The second kappa shape index (κ2) is 5.01. The third-order valence-corrected chi connectivity index (χ3v) is 2.89. The zero-order chi connectivity index (χ0) is 14.0. The highest BCUT2D eigenvalue weighted by Gasteiger charge is 2.19. The summed E-state index contributed by atoms with van der Waals surface area (Å²) in [5.74, 6) is -1.54. The normalized spacial score (nSPS) is 12.3. The minimum atomic E-state index is -1.07. The molecule has 6 nitrogen and oxygen atoms in total. The van der Waals surface area contributed by atoms with Crippen molar-refractivity contribution in [1.82, 2.24) is 10.3 Å². The van der Waals surface area contributed by atoms with Crippen LogP contribution in [0, 0.1) is 0 Å². The van der Waals surface area contributed by atoms with Gasteiger partial charge in [0, 0.05) is 5.39 Å². The van der Waals surface area contributed by atoms with Crippen molar-refractivity contribution in [3.8, 4) is 5.75 Å². The largest absolute Gasteiger partial charge is 0.506 e. The predicted octanol–water partition coefficient (Wildman–Crippen LogP) is 1.47. The monoisotopic (exact) mass is 262 g/mol. The van der Waals surface area contributed by atoms with E-state index in [4.69, 9.17) is 5.11 Å². The Kier molecular flexibility index (Phi) is 3.41. The van der Waals surface area contributed by atoms with Gasteiger partial charge in [0.2, 0.25) is 0 Å². The number of para-hydroxylation sites is 1. The molecule has 0 aliphatic rings. The lowest BCUT2D eigenvalue weighted by Crippen LogP contribution is -2.40. The number of amides is 1. The fourth-order valence-corrected chi connectivity index (χ4v) is 1.84. The van der Waals surface area contributed by atoms with E-state index < -0.39 is 17.9 Å². The number of H-pyrrole nitrogens is 1. The van der Waals surface area contributed by atoms with Crippen LogP contribution in [0.3, 0.4) is 0 Å². The number of carbonyl (C=O) groups excluding carboxylic acids is 1. The summed E-state index contributed by atoms with van der Waals surface area (Å²) in [5.41, 5.74) is 0.673. The number of carboxylic acid groups (broad SMARTS) is 1. The van der Waals surface area contributed by atoms with E-state index in [1.807, 2.05) is 0 Å². The molecular weight excluding hydrogens is 248 g/mol. The summed E-state index contributed by atoms with van der Waals surface area (Å²) in [5, 5.41) is 21.6. The number of aromatic amines is 1. The van der Waals surface area contributed by atoms with E-state index in [-0.39, 0.29) is 11.4 Å². The van der Waals surface area contributed by atoms with E-state index in [1.54, 1.807) is 25.1 Å². The van der Waals surface area contributed by atoms with E-state index in [0.717, 1.165) is 0 Å². The van der Waals surface area contributed by atoms with Crippen LogP contribution in [0.5, 0.6) is 5.75 Å². The van der Waals surface area contributed by atoms with Crippen LogP contribution in [0.15, 0.2) is 24.3 Å². The van der Waals surface area contributed by atoms with Gasteiger partial charge in [0.25, 0.3) is 5.91 Å². The maximum Gasteiger partial charge on any atom is 0.326 e. The summed E-state index contributed by atoms with van der Waals surface area (Å²) < 4.78 is 0. The Hall–Kier alpha value is -2.50. The maximum atomic E-state index is 11.9. The molecule has 0 saturated heterocycles. The van der Waals surface area contributed by atoms with Gasteiger partial charge in [0.15, 0.2) is 0 Å². The topological polar surface area (TPSA) is 102 Å². The molecule has 1 atom stereocenters. The first-order valence-electron chi connectivity index (χ1n) is 5.87. The Morgan fingerprint density at radius 1 is 1.42 bits per heavy atom. The zero-order valence-corrected chi connectivity index (χ0v) is 10.3. The summed E-state index contributed by atoms with van der Waals surface area (Å²) in [6, 6.07) is 5.56. The number of phenols is 1. The van der Waals surface area contributed by atoms with Gasteiger partial charge in [-0.3, -0.25) is 4.79 Å². The number of phenolic OH excluding ortho intramolecular Hbond substituents is 1. The van der Waals surface area contributed by atoms with E-state index in [1.165, 1.54) is 6.07 Å². The first-order chi connectivity index (χ1) is 9.02. The summed E-state index contributed by atoms with van der Waals surface area (Å²) in [7, 11) is 0. The second-order valence-corrected chi connectivity index (χ2v) is 4.20. The molecule has 19 heavy (non-hydrogen) atoms. The van der Waals surface area contributed by atoms with Gasteiger partial charge in [0.1, 0.15) is 17.5 Å². The van der Waals surface area contributed by atoms with Gasteiger partial charge in [0.05, 0.1) is 5.52 Å². The molecule has 1 unspecified atom stereocenters. The average Bonchev–Trinajstić information content (AvgIpc) is 2.80. The Balaban J connectivity index is 2.27. The summed E-state index contributed by atoms with van der Waals surface area (Å²) in [4.78, 5) is 25.5. The molecule has 0 fully saturated rings. The van der Waals surface area contributed by atoms with E-state index in [0.29, 0.717) is 17.3 Å². The molecule has 0 bridgehead atoms. The van der Waals surface area contributed by atoms with E-state index in [9.17, 15) is 14.7 Å². The SMILES string of the molecule is CCC(NC(=O)c1cc2cccc(O)c2[nH]1)C(=O)O. The third kappa shape index (κ3) is 2.52. The third-order valence-electron chi connectivity index (χ3n) is 2.89. The molecule has 0 aliphatic heterocycles. The van der Waals surface area contributed by atoms with Crippen molar-refractivity contribution in [2.75, 3.05) is 0 Å². The van der Waals surface area contributed by atoms with Crippen LogP contribution in [0.2, 0.25) is 0 Å². The van der Waals surface area contributed by atoms with Gasteiger partial charge in [-0.25, -0.2) is 4.79 Å². The number of benzene rings is 1. The molecule has 2 rings (SSSR count). The molecule has 0 aliphatic carbocycles. The van der Waals surface area contributed by atoms with Gasteiger partial charge in [-0.05, 0) is 18.6 Å². The molecule has 6 heteroatoms. The number of aromatic hydroxyl groups is 1. The Morgan fingerprint density at radius 3 is 2.74 bits per heavy atom. The fourth-order valence-electron chi connectivity index (χ4n) is 1.84. The van der Waals surface area contributed by atoms with Crippen LogP contribution in [0.25, 0.3) is 10.9 Å². The molecule has 4 N–H and O–H groups in total. The molecule has 1 aromatic heterocycles. The highest BCUT2D eigenvalue weighted by Crippen LogP contribution is 2.24. The second-order valence-electron chi connectivity index (χ2n) is 4.20. The Bertz CT molecular complexity index is 633. The lowest BCUT2D eigenvalue weighted by Gasteiger charge is -2.10. The number of carbonyl (C=O) groups is 2. The quantitative estimate of drug-likeness (QED) is 0.670. The van der Waals surface area contributed by atoms with Crippen molar-refractivity contribution in [2.45, 2.75) is 19.4 Å². The van der Waals surface area contributed by atoms with Crippen LogP contribution >= 0.6 is 0 Å². The predicted molar refractivity (Wildman–Crippen MR) is 69.1 cm³/mol. The zero-order valence-electron chi connectivity index (χ0n) is 10.3. The highest BCUT2D eigenvalue weighted by atomic mass is 16.4. The van der Waals surface area contributed by atoms with Gasteiger partial charge < -0.3 is 20.5 Å². The molecule has 0 spiro atoms. The molecule has 1 heterocycles. The Labute approximate surface area is 109 Å². The summed E-state index contributed by atoms with van der Waals surface area (Å²) in [6.07, 6.45) is 0.298. The van der Waals surface area contributed by atoms with Crippen molar-refractivity contribution in [2.24, 2.45) is 0 Å². The minimum Gasteiger partial charge on any atom is -0.506 e. The number of hydrogen-bond acceptors (Lipinski definition) is 3. The molecule has 1 aromatic carbocycles. The molecule has 100 valence electrons. The number of fused-ring (bicyclic) bond motifs is 1. The van der Waals surface area contributed by atoms with Crippen molar-refractivity contribution in [3.63, 3.8) is 0 Å². The lowest BCUT2D eigenvalue weighted by molar-refractivity contribution is -0.139. The number of aliphatic carboxylic acids is 1. The molecular formula is C13H14N2O4. The molecule has 1 amide bonds. The van der Waals surface area contributed by atoms with Crippen molar-refractivity contribution in [3.05, 3.63) is 30.0 Å².